The van der Waals surface area contributed by atoms with Crippen molar-refractivity contribution in [3.05, 3.63) is 11.5 Å². The van der Waals surface area contributed by atoms with Gasteiger partial charge in [-0.3, -0.25) is 0 Å². The first kappa shape index (κ1) is 12.7. The van der Waals surface area contributed by atoms with Crippen molar-refractivity contribution in [1.29, 1.82) is 0 Å². The van der Waals surface area contributed by atoms with Gasteiger partial charge < -0.3 is 19.5 Å². The highest BCUT2D eigenvalue weighted by Crippen LogP contribution is 2.34. The Bertz CT molecular complexity index is 465. The molecule has 1 fully saturated rings. The molecule has 0 spiro atoms. The Kier molecular flexibility index (Phi) is 3.14. The molecule has 1 saturated heterocycles. The van der Waals surface area contributed by atoms with Crippen LogP contribution in [-0.2, 0) is 24.0 Å². The van der Waals surface area contributed by atoms with Crippen molar-refractivity contribution in [2.75, 3.05) is 37.7 Å². The summed E-state index contributed by atoms with van der Waals surface area (Å²) in [4.78, 5) is 5.73. The highest BCUT2D eigenvalue weighted by molar-refractivity contribution is 5.47. The molecule has 0 saturated carbocycles. The molecule has 0 aliphatic carbocycles. The van der Waals surface area contributed by atoms with Crippen LogP contribution in [-0.4, -0.2) is 42.4 Å². The Morgan fingerprint density at radius 1 is 1.16 bits per heavy atom. The van der Waals surface area contributed by atoms with Gasteiger partial charge in [-0.15, -0.1) is 0 Å². The average molecular weight is 276 g/mol. The van der Waals surface area contributed by atoms with E-state index in [4.69, 9.17) is 4.74 Å². The lowest BCUT2D eigenvalue weighted by Crippen LogP contribution is -2.38. The van der Waals surface area contributed by atoms with Crippen LogP contribution in [0.1, 0.15) is 11.5 Å². The summed E-state index contributed by atoms with van der Waals surface area (Å²) in [6, 6.07) is 0. The summed E-state index contributed by atoms with van der Waals surface area (Å²) in [6.07, 6.45) is -4.41. The van der Waals surface area contributed by atoms with Crippen LogP contribution in [0.5, 0.6) is 0 Å². The Hall–Kier alpha value is -1.28. The summed E-state index contributed by atoms with van der Waals surface area (Å²) in [5.41, 5.74) is 0.625. The predicted molar refractivity (Wildman–Crippen MR) is 62.0 cm³/mol. The fourth-order valence-corrected chi connectivity index (χ4v) is 2.53. The number of rotatable bonds is 1. The Labute approximate surface area is 108 Å². The highest BCUT2D eigenvalue weighted by atomic mass is 19.4. The van der Waals surface area contributed by atoms with Gasteiger partial charge >= 0.3 is 6.18 Å². The molecule has 0 unspecified atom stereocenters. The number of morpholine rings is 1. The molecule has 3 rings (SSSR count). The van der Waals surface area contributed by atoms with Crippen LogP contribution < -0.4 is 10.2 Å². The Balaban J connectivity index is 2.01. The van der Waals surface area contributed by atoms with Gasteiger partial charge in [-0.2, -0.15) is 13.2 Å². The molecule has 1 aromatic rings. The van der Waals surface area contributed by atoms with E-state index in [0.717, 1.165) is 0 Å². The SMILES string of the molecule is FC(F)(F)c1nc(N2CCOCC2)c2n1CCNC2. The lowest BCUT2D eigenvalue weighted by atomic mass is 10.3. The van der Waals surface area contributed by atoms with Crippen LogP contribution in [0.2, 0.25) is 0 Å². The van der Waals surface area contributed by atoms with E-state index in [1.54, 1.807) is 0 Å². The molecule has 1 N–H and O–H groups in total. The molecule has 8 heteroatoms. The van der Waals surface area contributed by atoms with Gasteiger partial charge in [0.25, 0.3) is 0 Å². The molecule has 19 heavy (non-hydrogen) atoms. The van der Waals surface area contributed by atoms with Crippen molar-refractivity contribution < 1.29 is 17.9 Å². The maximum atomic E-state index is 13.0. The Morgan fingerprint density at radius 3 is 2.58 bits per heavy atom. The number of fused-ring (bicyclic) bond motifs is 1. The van der Waals surface area contributed by atoms with Crippen LogP contribution >= 0.6 is 0 Å². The van der Waals surface area contributed by atoms with Gasteiger partial charge in [0.05, 0.1) is 18.9 Å². The van der Waals surface area contributed by atoms with Crippen molar-refractivity contribution >= 4 is 5.82 Å². The number of ether oxygens (including phenoxy) is 1. The molecule has 0 amide bonds. The van der Waals surface area contributed by atoms with Gasteiger partial charge in [-0.1, -0.05) is 0 Å². The number of alkyl halides is 3. The molecule has 0 aromatic carbocycles. The van der Waals surface area contributed by atoms with Gasteiger partial charge in [0.15, 0.2) is 5.82 Å². The molecule has 0 bridgehead atoms. The fourth-order valence-electron chi connectivity index (χ4n) is 2.53. The monoisotopic (exact) mass is 276 g/mol. The molecular weight excluding hydrogens is 261 g/mol. The first-order valence-corrected chi connectivity index (χ1v) is 6.27. The van der Waals surface area contributed by atoms with Gasteiger partial charge in [0.2, 0.25) is 5.82 Å². The molecule has 2 aliphatic rings. The topological polar surface area (TPSA) is 42.3 Å². The van der Waals surface area contributed by atoms with Gasteiger partial charge in [-0.25, -0.2) is 4.98 Å². The number of anilines is 1. The first-order chi connectivity index (χ1) is 9.07. The van der Waals surface area contributed by atoms with Crippen molar-refractivity contribution in [1.82, 2.24) is 14.9 Å². The largest absolute Gasteiger partial charge is 0.449 e. The third-order valence-electron chi connectivity index (χ3n) is 3.42. The van der Waals surface area contributed by atoms with Crippen molar-refractivity contribution in [3.63, 3.8) is 0 Å². The van der Waals surface area contributed by atoms with Crippen LogP contribution in [0, 0.1) is 0 Å². The third-order valence-corrected chi connectivity index (χ3v) is 3.42. The van der Waals surface area contributed by atoms with E-state index >= 15 is 0 Å². The molecule has 0 atom stereocenters. The maximum Gasteiger partial charge on any atom is 0.449 e. The molecule has 1 aromatic heterocycles. The van der Waals surface area contributed by atoms with Gasteiger partial charge in [0.1, 0.15) is 0 Å². The number of hydrogen-bond acceptors (Lipinski definition) is 4. The van der Waals surface area contributed by atoms with E-state index < -0.39 is 12.0 Å². The molecule has 3 heterocycles. The van der Waals surface area contributed by atoms with E-state index in [9.17, 15) is 13.2 Å². The number of halogens is 3. The smallest absolute Gasteiger partial charge is 0.378 e. The normalized spacial score (nSPS) is 20.5. The minimum Gasteiger partial charge on any atom is -0.378 e. The second kappa shape index (κ2) is 4.68. The van der Waals surface area contributed by atoms with Crippen LogP contribution in [0.25, 0.3) is 0 Å². The van der Waals surface area contributed by atoms with Crippen molar-refractivity contribution in [3.8, 4) is 0 Å². The number of hydrogen-bond donors (Lipinski definition) is 1. The third kappa shape index (κ3) is 2.30. The second-order valence-electron chi connectivity index (χ2n) is 4.63. The summed E-state index contributed by atoms with van der Waals surface area (Å²) >= 11 is 0. The lowest BCUT2D eigenvalue weighted by molar-refractivity contribution is -0.147. The minimum atomic E-state index is -4.41. The minimum absolute atomic E-state index is 0.307. The number of nitrogens with zero attached hydrogens (tertiary/aromatic N) is 3. The second-order valence-corrected chi connectivity index (χ2v) is 4.63. The molecule has 2 aliphatic heterocycles. The van der Waals surface area contributed by atoms with Crippen molar-refractivity contribution in [2.45, 2.75) is 19.3 Å². The summed E-state index contributed by atoms with van der Waals surface area (Å²) < 4.78 is 45.5. The van der Waals surface area contributed by atoms with Gasteiger partial charge in [-0.05, 0) is 0 Å². The van der Waals surface area contributed by atoms with E-state index in [1.807, 2.05) is 4.90 Å². The zero-order chi connectivity index (χ0) is 13.5. The maximum absolute atomic E-state index is 13.0. The zero-order valence-corrected chi connectivity index (χ0v) is 10.3. The van der Waals surface area contributed by atoms with E-state index in [1.165, 1.54) is 4.57 Å². The van der Waals surface area contributed by atoms with E-state index in [0.29, 0.717) is 57.4 Å². The molecular formula is C11H15F3N4O. The first-order valence-electron chi connectivity index (χ1n) is 6.27. The standard InChI is InChI=1S/C11H15F3N4O/c12-11(13,14)10-16-9(17-3-5-19-6-4-17)8-7-15-1-2-18(8)10/h15H,1-7H2. The summed E-state index contributed by atoms with van der Waals surface area (Å²) in [6.45, 7) is 3.50. The highest BCUT2D eigenvalue weighted by Gasteiger charge is 2.40. The molecule has 0 radical (unpaired) electrons. The number of nitrogens with one attached hydrogen (secondary N) is 1. The van der Waals surface area contributed by atoms with E-state index in [2.05, 4.69) is 10.3 Å². The Morgan fingerprint density at radius 2 is 1.89 bits per heavy atom. The summed E-state index contributed by atoms with van der Waals surface area (Å²) in [5, 5.41) is 3.10. The lowest BCUT2D eigenvalue weighted by Gasteiger charge is -2.28. The number of aromatic nitrogens is 2. The van der Waals surface area contributed by atoms with Gasteiger partial charge in [0, 0.05) is 32.7 Å². The summed E-state index contributed by atoms with van der Waals surface area (Å²) in [5.74, 6) is -0.340. The molecule has 106 valence electrons. The zero-order valence-electron chi connectivity index (χ0n) is 10.3. The summed E-state index contributed by atoms with van der Waals surface area (Å²) in [7, 11) is 0. The van der Waals surface area contributed by atoms with Crippen molar-refractivity contribution in [2.24, 2.45) is 0 Å². The number of imidazole rings is 1. The quantitative estimate of drug-likeness (QED) is 0.825. The predicted octanol–water partition coefficient (Wildman–Crippen LogP) is 0.842. The van der Waals surface area contributed by atoms with Crippen LogP contribution in [0.4, 0.5) is 19.0 Å². The average Bonchev–Trinajstić information content (AvgIpc) is 2.79. The van der Waals surface area contributed by atoms with Crippen LogP contribution in [0.3, 0.4) is 0 Å². The fraction of sp³-hybridized carbons (Fsp3) is 0.727. The molecule has 5 nitrogen and oxygen atoms in total. The van der Waals surface area contributed by atoms with E-state index in [-0.39, 0.29) is 0 Å². The van der Waals surface area contributed by atoms with Crippen LogP contribution in [0.15, 0.2) is 0 Å².